The average molecular weight is 344 g/mol. The van der Waals surface area contributed by atoms with E-state index in [1.165, 1.54) is 12.1 Å². The molecule has 0 bridgehead atoms. The van der Waals surface area contributed by atoms with E-state index in [2.05, 4.69) is 10.6 Å². The molecule has 1 aliphatic rings. The van der Waals surface area contributed by atoms with Crippen LogP contribution in [0.2, 0.25) is 0 Å². The van der Waals surface area contributed by atoms with Crippen molar-refractivity contribution < 1.29 is 9.00 Å². The van der Waals surface area contributed by atoms with Crippen LogP contribution in [-0.2, 0) is 17.8 Å². The molecule has 5 heteroatoms. The van der Waals surface area contributed by atoms with Gasteiger partial charge < -0.3 is 9.47 Å². The highest BCUT2D eigenvalue weighted by Crippen LogP contribution is 2.31. The van der Waals surface area contributed by atoms with Crippen LogP contribution in [0.1, 0.15) is 47.8 Å². The van der Waals surface area contributed by atoms with Crippen molar-refractivity contribution in [2.45, 2.75) is 36.6 Å². The molecule has 1 amide bonds. The summed E-state index contributed by atoms with van der Waals surface area (Å²) in [6.07, 6.45) is 8.04. The Kier molecular flexibility index (Phi) is 5.19. The average Bonchev–Trinajstić information content (AvgIpc) is 2.86. The predicted octanol–water partition coefficient (Wildman–Crippen LogP) is 3.52. The maximum absolute atomic E-state index is 13.1. The zero-order chi connectivity index (χ0) is 17.1. The van der Waals surface area contributed by atoms with Crippen LogP contribution in [0, 0.1) is 0 Å². The molecule has 4 nitrogen and oxygen atoms in total. The van der Waals surface area contributed by atoms with Crippen molar-refractivity contribution in [3.63, 3.8) is 0 Å². The lowest BCUT2D eigenvalue weighted by molar-refractivity contribution is 0.0674. The molecule has 1 aromatic carbocycles. The first-order chi connectivity index (χ1) is 11.6. The Balaban J connectivity index is 1.89. The van der Waals surface area contributed by atoms with Gasteiger partial charge in [-0.15, -0.1) is 0 Å². The fraction of sp³-hybridized carbons (Fsp3) is 0.421. The van der Waals surface area contributed by atoms with Crippen LogP contribution in [-0.4, -0.2) is 32.4 Å². The molecule has 128 valence electrons. The molecule has 0 saturated carbocycles. The summed E-state index contributed by atoms with van der Waals surface area (Å²) in [7, 11) is 1.02. The van der Waals surface area contributed by atoms with Gasteiger partial charge in [0.05, 0.1) is 6.04 Å². The molecule has 0 spiro atoms. The lowest BCUT2D eigenvalue weighted by Gasteiger charge is -2.30. The summed E-state index contributed by atoms with van der Waals surface area (Å²) in [6, 6.07) is 11.4. The van der Waals surface area contributed by atoms with Crippen molar-refractivity contribution in [3.8, 4) is 0 Å². The van der Waals surface area contributed by atoms with Gasteiger partial charge in [0.1, 0.15) is 0 Å². The van der Waals surface area contributed by atoms with Gasteiger partial charge in [0.25, 0.3) is 5.91 Å². The van der Waals surface area contributed by atoms with Gasteiger partial charge in [-0.3, -0.25) is 9.00 Å². The molecule has 1 aliphatic heterocycles. The summed E-state index contributed by atoms with van der Waals surface area (Å²) < 4.78 is 13.6. The lowest BCUT2D eigenvalue weighted by atomic mass is 10.1. The molecular weight excluding hydrogens is 320 g/mol. The Morgan fingerprint density at radius 2 is 1.88 bits per heavy atom. The molecule has 2 heterocycles. The van der Waals surface area contributed by atoms with E-state index in [0.29, 0.717) is 5.56 Å². The third-order valence-corrected chi connectivity index (χ3v) is 5.71. The third kappa shape index (κ3) is 3.46. The zero-order valence-corrected chi connectivity index (χ0v) is 15.1. The van der Waals surface area contributed by atoms with E-state index in [-0.39, 0.29) is 11.9 Å². The minimum absolute atomic E-state index is 0.0662. The van der Waals surface area contributed by atoms with Crippen molar-refractivity contribution in [2.24, 2.45) is 7.05 Å². The quantitative estimate of drug-likeness (QED) is 0.855. The normalized spacial score (nSPS) is 19.8. The number of benzene rings is 1. The number of amides is 1. The second-order valence-corrected chi connectivity index (χ2v) is 7.77. The third-order valence-electron chi connectivity index (χ3n) is 4.77. The van der Waals surface area contributed by atoms with E-state index in [1.807, 2.05) is 24.2 Å². The highest BCUT2D eigenvalue weighted by atomic mass is 32.2. The Morgan fingerprint density at radius 3 is 2.50 bits per heavy atom. The highest BCUT2D eigenvalue weighted by molar-refractivity contribution is 7.84. The van der Waals surface area contributed by atoms with Gasteiger partial charge in [-0.1, -0.05) is 12.8 Å². The molecule has 1 fully saturated rings. The van der Waals surface area contributed by atoms with Gasteiger partial charge in [-0.2, -0.15) is 0 Å². The SMILES string of the molecule is Cn1cccc1[C@H]1CCCCCN1C(=O)c1ccc([S@](C)=O)cc1. The topological polar surface area (TPSA) is 42.3 Å². The van der Waals surface area contributed by atoms with Crippen LogP contribution in [0.3, 0.4) is 0 Å². The predicted molar refractivity (Wildman–Crippen MR) is 96.4 cm³/mol. The molecule has 1 saturated heterocycles. The van der Waals surface area contributed by atoms with E-state index in [9.17, 15) is 9.00 Å². The van der Waals surface area contributed by atoms with E-state index in [4.69, 9.17) is 0 Å². The fourth-order valence-corrected chi connectivity index (χ4v) is 3.95. The number of nitrogens with zero attached hydrogens (tertiary/aromatic N) is 2. The summed E-state index contributed by atoms with van der Waals surface area (Å²) in [5, 5.41) is 0. The number of hydrogen-bond acceptors (Lipinski definition) is 2. The van der Waals surface area contributed by atoms with E-state index in [1.54, 1.807) is 30.5 Å². The summed E-state index contributed by atoms with van der Waals surface area (Å²) in [5.41, 5.74) is 1.86. The number of carbonyl (C=O) groups excluding carboxylic acids is 1. The van der Waals surface area contributed by atoms with Crippen molar-refractivity contribution in [1.29, 1.82) is 0 Å². The van der Waals surface area contributed by atoms with Gasteiger partial charge >= 0.3 is 0 Å². The lowest BCUT2D eigenvalue weighted by Crippen LogP contribution is -2.35. The summed E-state index contributed by atoms with van der Waals surface area (Å²) in [6.45, 7) is 0.788. The largest absolute Gasteiger partial charge is 0.353 e. The van der Waals surface area contributed by atoms with Crippen molar-refractivity contribution in [3.05, 3.63) is 53.9 Å². The van der Waals surface area contributed by atoms with Crippen LogP contribution in [0.4, 0.5) is 0 Å². The molecule has 0 radical (unpaired) electrons. The summed E-state index contributed by atoms with van der Waals surface area (Å²) in [5.74, 6) is 0.0662. The van der Waals surface area contributed by atoms with Crippen molar-refractivity contribution >= 4 is 16.7 Å². The Labute approximate surface area is 145 Å². The summed E-state index contributed by atoms with van der Waals surface area (Å²) >= 11 is 0. The molecule has 0 unspecified atom stereocenters. The van der Waals surface area contributed by atoms with E-state index in [0.717, 1.165) is 30.7 Å². The van der Waals surface area contributed by atoms with Crippen LogP contribution in [0.25, 0.3) is 0 Å². The van der Waals surface area contributed by atoms with Crippen molar-refractivity contribution in [1.82, 2.24) is 9.47 Å². The van der Waals surface area contributed by atoms with Gasteiger partial charge in [-0.05, 0) is 49.2 Å². The monoisotopic (exact) mass is 344 g/mol. The molecular formula is C19H24N2O2S. The molecule has 2 aromatic rings. The number of rotatable bonds is 3. The molecule has 1 aromatic heterocycles. The zero-order valence-electron chi connectivity index (χ0n) is 14.3. The van der Waals surface area contributed by atoms with Gasteiger partial charge in [0, 0.05) is 53.0 Å². The van der Waals surface area contributed by atoms with Gasteiger partial charge in [0.2, 0.25) is 0 Å². The number of aromatic nitrogens is 1. The first-order valence-electron chi connectivity index (χ1n) is 8.43. The van der Waals surface area contributed by atoms with E-state index >= 15 is 0 Å². The maximum atomic E-state index is 13.1. The second-order valence-electron chi connectivity index (χ2n) is 6.39. The molecule has 2 atom stereocenters. The van der Waals surface area contributed by atoms with Crippen LogP contribution in [0.15, 0.2) is 47.5 Å². The fourth-order valence-electron chi connectivity index (χ4n) is 3.43. The Bertz CT molecular complexity index is 736. The second kappa shape index (κ2) is 7.34. The molecule has 3 rings (SSSR count). The Morgan fingerprint density at radius 1 is 1.12 bits per heavy atom. The molecule has 0 N–H and O–H groups in total. The first kappa shape index (κ1) is 17.0. The maximum Gasteiger partial charge on any atom is 0.254 e. The minimum Gasteiger partial charge on any atom is -0.353 e. The smallest absolute Gasteiger partial charge is 0.254 e. The van der Waals surface area contributed by atoms with Crippen molar-refractivity contribution in [2.75, 3.05) is 12.8 Å². The van der Waals surface area contributed by atoms with Gasteiger partial charge in [-0.25, -0.2) is 0 Å². The standard InChI is InChI=1S/C19H24N2O2S/c1-20-13-6-8-17(20)18-7-4-3-5-14-21(18)19(22)15-9-11-16(12-10-15)24(2)23/h6,8-13,18H,3-5,7,14H2,1-2H3/t18-,24+/m1/s1. The first-order valence-corrected chi connectivity index (χ1v) is 9.99. The number of carbonyl (C=O) groups is 1. The Hall–Kier alpha value is -1.88. The number of likely N-dealkylation sites (tertiary alicyclic amines) is 1. The van der Waals surface area contributed by atoms with Crippen LogP contribution in [0.5, 0.6) is 0 Å². The van der Waals surface area contributed by atoms with Gasteiger partial charge in [0.15, 0.2) is 0 Å². The van der Waals surface area contributed by atoms with Crippen LogP contribution >= 0.6 is 0 Å². The molecule has 0 aliphatic carbocycles. The van der Waals surface area contributed by atoms with E-state index < -0.39 is 10.8 Å². The highest BCUT2D eigenvalue weighted by Gasteiger charge is 2.28. The van der Waals surface area contributed by atoms with Crippen LogP contribution < -0.4 is 0 Å². The molecule has 24 heavy (non-hydrogen) atoms. The number of aryl methyl sites for hydroxylation is 1. The summed E-state index contributed by atoms with van der Waals surface area (Å²) in [4.78, 5) is 15.9. The number of hydrogen-bond donors (Lipinski definition) is 0. The minimum atomic E-state index is -1.02.